The number of nitrogens with one attached hydrogen (secondary N) is 4. The number of sulfonamides is 1. The largest absolute Gasteiger partial charge is 0.484 e. The third kappa shape index (κ3) is 7.36. The summed E-state index contributed by atoms with van der Waals surface area (Å²) in [5, 5.41) is 2.53. The molecule has 0 aromatic heterocycles. The third-order valence-corrected chi connectivity index (χ3v) is 5.94. The second kappa shape index (κ2) is 10.7. The molecule has 3 amide bonds. The standard InChI is InChI=1S/C21H26N4O6S/c1-13-5-8-18(11-14(13)2)31-12-20(27)23-24-21(28)15(3)25-32(29,30)19-9-6-17(7-10-19)22-16(4)26/h5-11,15,25H,12H2,1-4H3,(H,22,26)(H,23,27)(H,24,28)/t15-/m0/s1. The molecule has 2 aromatic rings. The van der Waals surface area contributed by atoms with Crippen LogP contribution in [0.15, 0.2) is 47.4 Å². The van der Waals surface area contributed by atoms with Gasteiger partial charge in [0.25, 0.3) is 11.8 Å². The lowest BCUT2D eigenvalue weighted by atomic mass is 10.1. The molecule has 0 unspecified atom stereocenters. The van der Waals surface area contributed by atoms with Crippen molar-refractivity contribution in [2.24, 2.45) is 0 Å². The first-order chi connectivity index (χ1) is 15.0. The zero-order valence-corrected chi connectivity index (χ0v) is 19.0. The molecule has 0 heterocycles. The van der Waals surface area contributed by atoms with Gasteiger partial charge in [0.15, 0.2) is 6.61 Å². The van der Waals surface area contributed by atoms with Gasteiger partial charge >= 0.3 is 0 Å². The van der Waals surface area contributed by atoms with Gasteiger partial charge in [-0.3, -0.25) is 25.2 Å². The maximum Gasteiger partial charge on any atom is 0.276 e. The number of hydrazine groups is 1. The summed E-state index contributed by atoms with van der Waals surface area (Å²) in [6, 6.07) is 9.66. The fourth-order valence-corrected chi connectivity index (χ4v) is 3.71. The summed E-state index contributed by atoms with van der Waals surface area (Å²) in [4.78, 5) is 35.0. The van der Waals surface area contributed by atoms with Crippen LogP contribution in [0, 0.1) is 13.8 Å². The molecule has 0 aliphatic rings. The summed E-state index contributed by atoms with van der Waals surface area (Å²) in [7, 11) is -4.00. The molecule has 0 radical (unpaired) electrons. The van der Waals surface area contributed by atoms with Crippen LogP contribution in [0.3, 0.4) is 0 Å². The lowest BCUT2D eigenvalue weighted by molar-refractivity contribution is -0.130. The van der Waals surface area contributed by atoms with Gasteiger partial charge in [-0.2, -0.15) is 4.72 Å². The van der Waals surface area contributed by atoms with E-state index in [0.717, 1.165) is 11.1 Å². The first-order valence-electron chi connectivity index (χ1n) is 9.66. The molecule has 0 saturated carbocycles. The molecule has 0 spiro atoms. The topological polar surface area (TPSA) is 143 Å². The van der Waals surface area contributed by atoms with Crippen LogP contribution in [0.5, 0.6) is 5.75 Å². The summed E-state index contributed by atoms with van der Waals surface area (Å²) in [5.41, 5.74) is 6.87. The van der Waals surface area contributed by atoms with E-state index in [1.165, 1.54) is 38.1 Å². The first-order valence-corrected chi connectivity index (χ1v) is 11.1. The van der Waals surface area contributed by atoms with E-state index in [0.29, 0.717) is 11.4 Å². The fourth-order valence-electron chi connectivity index (χ4n) is 2.50. The van der Waals surface area contributed by atoms with Crippen molar-refractivity contribution in [2.75, 3.05) is 11.9 Å². The van der Waals surface area contributed by atoms with Crippen molar-refractivity contribution in [2.45, 2.75) is 38.6 Å². The Labute approximate surface area is 186 Å². The van der Waals surface area contributed by atoms with E-state index in [2.05, 4.69) is 20.9 Å². The normalized spacial score (nSPS) is 11.9. The van der Waals surface area contributed by atoms with E-state index in [9.17, 15) is 22.8 Å². The number of hydrogen-bond acceptors (Lipinski definition) is 6. The minimum absolute atomic E-state index is 0.0860. The van der Waals surface area contributed by atoms with Gasteiger partial charge in [0.2, 0.25) is 15.9 Å². The highest BCUT2D eigenvalue weighted by Crippen LogP contribution is 2.16. The molecule has 2 rings (SSSR count). The van der Waals surface area contributed by atoms with Crippen LogP contribution < -0.4 is 25.6 Å². The Balaban J connectivity index is 1.84. The van der Waals surface area contributed by atoms with Crippen LogP contribution in [-0.2, 0) is 24.4 Å². The number of benzene rings is 2. The number of amides is 3. The highest BCUT2D eigenvalue weighted by atomic mass is 32.2. The maximum absolute atomic E-state index is 12.4. The van der Waals surface area contributed by atoms with Crippen molar-refractivity contribution in [3.8, 4) is 5.75 Å². The average molecular weight is 463 g/mol. The summed E-state index contributed by atoms with van der Waals surface area (Å²) in [6.07, 6.45) is 0. The van der Waals surface area contributed by atoms with Crippen LogP contribution in [0.1, 0.15) is 25.0 Å². The zero-order valence-electron chi connectivity index (χ0n) is 18.2. The molecule has 32 heavy (non-hydrogen) atoms. The SMILES string of the molecule is CC(=O)Nc1ccc(S(=O)(=O)N[C@@H](C)C(=O)NNC(=O)COc2ccc(C)c(C)c2)cc1. The van der Waals surface area contributed by atoms with E-state index in [1.807, 2.05) is 19.9 Å². The van der Waals surface area contributed by atoms with Crippen molar-refractivity contribution >= 4 is 33.4 Å². The van der Waals surface area contributed by atoms with Crippen LogP contribution in [0.4, 0.5) is 5.69 Å². The number of carbonyl (C=O) groups excluding carboxylic acids is 3. The lowest BCUT2D eigenvalue weighted by Crippen LogP contribution is -2.51. The molecule has 11 heteroatoms. The summed E-state index contributed by atoms with van der Waals surface area (Å²) >= 11 is 0. The molecule has 0 bridgehead atoms. The fraction of sp³-hybridized carbons (Fsp3) is 0.286. The minimum atomic E-state index is -4.00. The number of anilines is 1. The molecular weight excluding hydrogens is 436 g/mol. The smallest absolute Gasteiger partial charge is 0.276 e. The molecule has 0 saturated heterocycles. The number of aryl methyl sites for hydroxylation is 2. The molecule has 0 fully saturated rings. The van der Waals surface area contributed by atoms with Gasteiger partial charge in [0.05, 0.1) is 10.9 Å². The molecule has 0 aliphatic carbocycles. The average Bonchev–Trinajstić information content (AvgIpc) is 2.72. The van der Waals surface area contributed by atoms with Crippen LogP contribution in [-0.4, -0.2) is 38.8 Å². The Morgan fingerprint density at radius 2 is 1.62 bits per heavy atom. The van der Waals surface area contributed by atoms with E-state index in [-0.39, 0.29) is 17.4 Å². The zero-order chi connectivity index (χ0) is 23.9. The van der Waals surface area contributed by atoms with E-state index in [4.69, 9.17) is 4.74 Å². The first kappa shape index (κ1) is 24.8. The molecule has 2 aromatic carbocycles. The van der Waals surface area contributed by atoms with Gasteiger partial charge in [-0.1, -0.05) is 6.07 Å². The van der Waals surface area contributed by atoms with Gasteiger partial charge in [-0.25, -0.2) is 8.42 Å². The van der Waals surface area contributed by atoms with E-state index in [1.54, 1.807) is 12.1 Å². The van der Waals surface area contributed by atoms with Gasteiger partial charge in [-0.15, -0.1) is 0 Å². The van der Waals surface area contributed by atoms with Gasteiger partial charge in [0, 0.05) is 12.6 Å². The molecular formula is C21H26N4O6S. The Bertz CT molecular complexity index is 1100. The molecule has 1 atom stereocenters. The van der Waals surface area contributed by atoms with Crippen molar-refractivity contribution in [1.82, 2.24) is 15.6 Å². The third-order valence-electron chi connectivity index (χ3n) is 4.38. The predicted molar refractivity (Wildman–Crippen MR) is 118 cm³/mol. The number of hydrogen-bond donors (Lipinski definition) is 4. The number of rotatable bonds is 8. The van der Waals surface area contributed by atoms with Crippen molar-refractivity contribution in [3.05, 3.63) is 53.6 Å². The summed E-state index contributed by atoms with van der Waals surface area (Å²) in [5.74, 6) is -1.14. The number of carbonyl (C=O) groups is 3. The quantitative estimate of drug-likeness (QED) is 0.434. The minimum Gasteiger partial charge on any atom is -0.484 e. The van der Waals surface area contributed by atoms with E-state index < -0.39 is 27.9 Å². The van der Waals surface area contributed by atoms with Gasteiger partial charge in [0.1, 0.15) is 5.75 Å². The second-order valence-electron chi connectivity index (χ2n) is 7.12. The molecule has 10 nitrogen and oxygen atoms in total. The Morgan fingerprint density at radius 1 is 0.969 bits per heavy atom. The van der Waals surface area contributed by atoms with Crippen molar-refractivity contribution in [1.29, 1.82) is 0 Å². The highest BCUT2D eigenvalue weighted by Gasteiger charge is 2.22. The van der Waals surface area contributed by atoms with Crippen molar-refractivity contribution in [3.63, 3.8) is 0 Å². The monoisotopic (exact) mass is 462 g/mol. The van der Waals surface area contributed by atoms with Gasteiger partial charge < -0.3 is 10.1 Å². The Hall–Kier alpha value is -3.44. The Kier molecular flexibility index (Phi) is 8.33. The molecule has 4 N–H and O–H groups in total. The summed E-state index contributed by atoms with van der Waals surface area (Å²) in [6.45, 7) is 6.21. The van der Waals surface area contributed by atoms with Crippen LogP contribution >= 0.6 is 0 Å². The molecule has 172 valence electrons. The number of ether oxygens (including phenoxy) is 1. The maximum atomic E-state index is 12.4. The van der Waals surface area contributed by atoms with Gasteiger partial charge in [-0.05, 0) is 68.3 Å². The summed E-state index contributed by atoms with van der Waals surface area (Å²) < 4.78 is 32.5. The van der Waals surface area contributed by atoms with E-state index >= 15 is 0 Å². The highest BCUT2D eigenvalue weighted by molar-refractivity contribution is 7.89. The second-order valence-corrected chi connectivity index (χ2v) is 8.83. The molecule has 0 aliphatic heterocycles. The lowest BCUT2D eigenvalue weighted by Gasteiger charge is -2.15. The Morgan fingerprint density at radius 3 is 2.22 bits per heavy atom. The predicted octanol–water partition coefficient (Wildman–Crippen LogP) is 1.16. The van der Waals surface area contributed by atoms with Crippen LogP contribution in [0.25, 0.3) is 0 Å². The van der Waals surface area contributed by atoms with Crippen LogP contribution in [0.2, 0.25) is 0 Å². The van der Waals surface area contributed by atoms with Crippen molar-refractivity contribution < 1.29 is 27.5 Å².